The molecule has 0 bridgehead atoms. The quantitative estimate of drug-likeness (QED) is 0.848. The van der Waals surface area contributed by atoms with E-state index in [0.717, 1.165) is 30.7 Å². The van der Waals surface area contributed by atoms with Gasteiger partial charge in [0, 0.05) is 13.7 Å². The number of benzene rings is 1. The van der Waals surface area contributed by atoms with Gasteiger partial charge in [0.05, 0.1) is 13.2 Å². The normalized spacial score (nSPS) is 17.5. The highest BCUT2D eigenvalue weighted by Crippen LogP contribution is 2.34. The van der Waals surface area contributed by atoms with E-state index < -0.39 is 0 Å². The Morgan fingerprint density at radius 1 is 1.22 bits per heavy atom. The van der Waals surface area contributed by atoms with E-state index in [1.54, 1.807) is 26.4 Å². The van der Waals surface area contributed by atoms with Crippen LogP contribution in [0.5, 0.6) is 5.75 Å². The van der Waals surface area contributed by atoms with Crippen LogP contribution in [0.2, 0.25) is 0 Å². The minimum Gasteiger partial charge on any atom is -0.497 e. The van der Waals surface area contributed by atoms with Crippen LogP contribution in [-0.2, 0) is 11.3 Å². The highest BCUT2D eigenvalue weighted by Gasteiger charge is 2.32. The predicted molar refractivity (Wildman–Crippen MR) is 85.4 cm³/mol. The van der Waals surface area contributed by atoms with E-state index >= 15 is 0 Å². The first-order chi connectivity index (χ1) is 11.2. The van der Waals surface area contributed by atoms with E-state index in [1.165, 1.54) is 0 Å². The molecule has 5 nitrogen and oxygen atoms in total. The van der Waals surface area contributed by atoms with Gasteiger partial charge in [-0.05, 0) is 42.7 Å². The highest BCUT2D eigenvalue weighted by molar-refractivity contribution is 5.92. The first-order valence-electron chi connectivity index (χ1n) is 7.75. The molecular weight excluding hydrogens is 294 g/mol. The lowest BCUT2D eigenvalue weighted by molar-refractivity contribution is 0.0695. The van der Waals surface area contributed by atoms with Crippen molar-refractivity contribution in [2.24, 2.45) is 0 Å². The standard InChI is InChI=1S/C18H21NO4/c1-21-12-15-9-10-17(23-15)18(20)19-11-3-4-16(19)13-5-7-14(22-2)8-6-13/h5-10,16H,3-4,11-12H2,1-2H3. The smallest absolute Gasteiger partial charge is 0.290 e. The second-order valence-corrected chi connectivity index (χ2v) is 5.63. The Morgan fingerprint density at radius 3 is 2.70 bits per heavy atom. The van der Waals surface area contributed by atoms with Crippen LogP contribution in [-0.4, -0.2) is 31.6 Å². The van der Waals surface area contributed by atoms with Crippen LogP contribution in [0, 0.1) is 0 Å². The second kappa shape index (κ2) is 6.87. The van der Waals surface area contributed by atoms with Crippen molar-refractivity contribution in [1.29, 1.82) is 0 Å². The third-order valence-electron chi connectivity index (χ3n) is 4.17. The van der Waals surface area contributed by atoms with Crippen molar-refractivity contribution < 1.29 is 18.7 Å². The van der Waals surface area contributed by atoms with Gasteiger partial charge in [-0.15, -0.1) is 0 Å². The van der Waals surface area contributed by atoms with E-state index in [2.05, 4.69) is 0 Å². The molecule has 0 radical (unpaired) electrons. The number of carbonyl (C=O) groups excluding carboxylic acids is 1. The molecule has 0 N–H and O–H groups in total. The maximum Gasteiger partial charge on any atom is 0.290 e. The Hall–Kier alpha value is -2.27. The van der Waals surface area contributed by atoms with Crippen molar-refractivity contribution in [1.82, 2.24) is 4.90 Å². The molecule has 1 amide bonds. The molecule has 1 aliphatic heterocycles. The molecule has 1 aliphatic rings. The molecule has 23 heavy (non-hydrogen) atoms. The lowest BCUT2D eigenvalue weighted by Gasteiger charge is -2.24. The summed E-state index contributed by atoms with van der Waals surface area (Å²) in [5, 5.41) is 0. The Kier molecular flexibility index (Phi) is 4.67. The number of nitrogens with zero attached hydrogens (tertiary/aromatic N) is 1. The predicted octanol–water partition coefficient (Wildman–Crippen LogP) is 3.41. The van der Waals surface area contributed by atoms with Crippen molar-refractivity contribution in [3.8, 4) is 5.75 Å². The number of hydrogen-bond acceptors (Lipinski definition) is 4. The molecule has 0 spiro atoms. The van der Waals surface area contributed by atoms with Crippen LogP contribution in [0.15, 0.2) is 40.8 Å². The summed E-state index contributed by atoms with van der Waals surface area (Å²) in [6.07, 6.45) is 1.96. The molecule has 122 valence electrons. The molecule has 1 aromatic carbocycles. The zero-order valence-electron chi connectivity index (χ0n) is 13.5. The molecule has 3 rings (SSSR count). The number of methoxy groups -OCH3 is 2. The fourth-order valence-electron chi connectivity index (χ4n) is 3.04. The van der Waals surface area contributed by atoms with Crippen LogP contribution in [0.4, 0.5) is 0 Å². The molecular formula is C18H21NO4. The Labute approximate surface area is 135 Å². The third-order valence-corrected chi connectivity index (χ3v) is 4.17. The van der Waals surface area contributed by atoms with Crippen molar-refractivity contribution in [3.63, 3.8) is 0 Å². The zero-order chi connectivity index (χ0) is 16.2. The van der Waals surface area contributed by atoms with E-state index in [1.807, 2.05) is 29.2 Å². The first-order valence-corrected chi connectivity index (χ1v) is 7.75. The third kappa shape index (κ3) is 3.24. The minimum absolute atomic E-state index is 0.0642. The Morgan fingerprint density at radius 2 is 2.00 bits per heavy atom. The van der Waals surface area contributed by atoms with Gasteiger partial charge in [-0.3, -0.25) is 4.79 Å². The Bertz CT molecular complexity index is 662. The summed E-state index contributed by atoms with van der Waals surface area (Å²) in [5.41, 5.74) is 1.13. The average Bonchev–Trinajstić information content (AvgIpc) is 3.24. The molecule has 2 heterocycles. The SMILES string of the molecule is COCc1ccc(C(=O)N2CCCC2c2ccc(OC)cc2)o1. The minimum atomic E-state index is -0.0642. The summed E-state index contributed by atoms with van der Waals surface area (Å²) < 4.78 is 15.8. The lowest BCUT2D eigenvalue weighted by Crippen LogP contribution is -2.30. The van der Waals surface area contributed by atoms with Gasteiger partial charge in [-0.1, -0.05) is 12.1 Å². The maximum absolute atomic E-state index is 12.7. The van der Waals surface area contributed by atoms with E-state index in [4.69, 9.17) is 13.9 Å². The molecule has 1 saturated heterocycles. The van der Waals surface area contributed by atoms with Crippen LogP contribution in [0.1, 0.15) is 40.8 Å². The Balaban J connectivity index is 1.78. The van der Waals surface area contributed by atoms with Crippen molar-refractivity contribution in [2.75, 3.05) is 20.8 Å². The second-order valence-electron chi connectivity index (χ2n) is 5.63. The van der Waals surface area contributed by atoms with Gasteiger partial charge < -0.3 is 18.8 Å². The van der Waals surface area contributed by atoms with E-state index in [-0.39, 0.29) is 11.9 Å². The van der Waals surface area contributed by atoms with Crippen LogP contribution < -0.4 is 4.74 Å². The highest BCUT2D eigenvalue weighted by atomic mass is 16.5. The summed E-state index contributed by atoms with van der Waals surface area (Å²) in [6.45, 7) is 1.12. The van der Waals surface area contributed by atoms with Crippen molar-refractivity contribution >= 4 is 5.91 Å². The van der Waals surface area contributed by atoms with Crippen molar-refractivity contribution in [3.05, 3.63) is 53.5 Å². The van der Waals surface area contributed by atoms with Gasteiger partial charge in [-0.2, -0.15) is 0 Å². The summed E-state index contributed by atoms with van der Waals surface area (Å²) in [7, 11) is 3.25. The van der Waals surface area contributed by atoms with E-state index in [0.29, 0.717) is 18.1 Å². The summed E-state index contributed by atoms with van der Waals surface area (Å²) in [4.78, 5) is 14.6. The fraction of sp³-hybridized carbons (Fsp3) is 0.389. The summed E-state index contributed by atoms with van der Waals surface area (Å²) >= 11 is 0. The van der Waals surface area contributed by atoms with Crippen LogP contribution >= 0.6 is 0 Å². The molecule has 1 aromatic heterocycles. The van der Waals surface area contributed by atoms with Gasteiger partial charge in [0.15, 0.2) is 5.76 Å². The monoisotopic (exact) mass is 315 g/mol. The fourth-order valence-corrected chi connectivity index (χ4v) is 3.04. The molecule has 1 unspecified atom stereocenters. The van der Waals surface area contributed by atoms with Crippen LogP contribution in [0.25, 0.3) is 0 Å². The average molecular weight is 315 g/mol. The number of likely N-dealkylation sites (tertiary alicyclic amines) is 1. The molecule has 1 fully saturated rings. The summed E-state index contributed by atoms with van der Waals surface area (Å²) in [5.74, 6) is 1.79. The number of rotatable bonds is 5. The molecule has 0 aliphatic carbocycles. The van der Waals surface area contributed by atoms with E-state index in [9.17, 15) is 4.79 Å². The van der Waals surface area contributed by atoms with Gasteiger partial charge in [0.25, 0.3) is 5.91 Å². The zero-order valence-corrected chi connectivity index (χ0v) is 13.5. The van der Waals surface area contributed by atoms with Gasteiger partial charge >= 0.3 is 0 Å². The van der Waals surface area contributed by atoms with Gasteiger partial charge in [0.2, 0.25) is 0 Å². The number of hydrogen-bond donors (Lipinski definition) is 0. The van der Waals surface area contributed by atoms with Gasteiger partial charge in [-0.25, -0.2) is 0 Å². The molecule has 1 atom stereocenters. The molecule has 2 aromatic rings. The number of amides is 1. The first kappa shape index (κ1) is 15.6. The van der Waals surface area contributed by atoms with Gasteiger partial charge in [0.1, 0.15) is 18.1 Å². The topological polar surface area (TPSA) is 51.9 Å². The largest absolute Gasteiger partial charge is 0.497 e. The maximum atomic E-state index is 12.7. The molecule has 5 heteroatoms. The lowest BCUT2D eigenvalue weighted by atomic mass is 10.0. The number of ether oxygens (including phenoxy) is 2. The van der Waals surface area contributed by atoms with Crippen LogP contribution in [0.3, 0.4) is 0 Å². The summed E-state index contributed by atoms with van der Waals surface area (Å²) in [6, 6.07) is 11.5. The molecule has 0 saturated carbocycles. The number of furan rings is 1. The number of carbonyl (C=O) groups is 1. The van der Waals surface area contributed by atoms with Crippen molar-refractivity contribution in [2.45, 2.75) is 25.5 Å².